The van der Waals surface area contributed by atoms with Gasteiger partial charge >= 0.3 is 0 Å². The van der Waals surface area contributed by atoms with Crippen molar-refractivity contribution in [2.24, 2.45) is 5.92 Å². The van der Waals surface area contributed by atoms with Crippen LogP contribution in [0.5, 0.6) is 17.2 Å². The van der Waals surface area contributed by atoms with Crippen LogP contribution in [0.15, 0.2) is 48.5 Å². The lowest BCUT2D eigenvalue weighted by Gasteiger charge is -2.52. The van der Waals surface area contributed by atoms with E-state index in [0.717, 1.165) is 48.3 Å². The molecule has 2 heterocycles. The molecule has 6 nitrogen and oxygen atoms in total. The monoisotopic (exact) mass is 435 g/mol. The standard InChI is InChI=1S/C26H29NO5/c1-30-20-9-7-19(8-10-20)25-21-4-2-3-13-26(21,29)14-15-27(25)24(28)12-6-18-5-11-22-23(16-18)32-17-31-22/h5-12,16,21,25,29H,2-4,13-15,17H2,1H3/b12-6+/t21-,25+,26-/m1/s1. The summed E-state index contributed by atoms with van der Waals surface area (Å²) in [4.78, 5) is 15.3. The van der Waals surface area contributed by atoms with E-state index in [1.807, 2.05) is 53.4 Å². The zero-order valence-electron chi connectivity index (χ0n) is 18.3. The van der Waals surface area contributed by atoms with Crippen LogP contribution in [0, 0.1) is 5.92 Å². The first-order valence-electron chi connectivity index (χ1n) is 11.3. The minimum Gasteiger partial charge on any atom is -0.497 e. The SMILES string of the molecule is COc1ccc([C@H]2[C@H]3CCCC[C@@]3(O)CCN2C(=O)/C=C/c2ccc3c(c2)OCO3)cc1. The molecule has 0 spiro atoms. The highest BCUT2D eigenvalue weighted by molar-refractivity contribution is 5.92. The Morgan fingerprint density at radius 2 is 1.94 bits per heavy atom. The van der Waals surface area contributed by atoms with Crippen LogP contribution < -0.4 is 14.2 Å². The molecule has 1 aliphatic carbocycles. The second kappa shape index (κ2) is 8.51. The number of benzene rings is 2. The third-order valence-electron chi connectivity index (χ3n) is 7.12. The molecular weight excluding hydrogens is 406 g/mol. The summed E-state index contributed by atoms with van der Waals surface area (Å²) in [6, 6.07) is 13.4. The van der Waals surface area contributed by atoms with Crippen LogP contribution in [0.4, 0.5) is 0 Å². The first kappa shape index (κ1) is 20.9. The van der Waals surface area contributed by atoms with Crippen molar-refractivity contribution in [2.45, 2.75) is 43.7 Å². The van der Waals surface area contributed by atoms with E-state index in [-0.39, 0.29) is 24.7 Å². The van der Waals surface area contributed by atoms with Gasteiger partial charge < -0.3 is 24.2 Å². The van der Waals surface area contributed by atoms with E-state index in [2.05, 4.69) is 0 Å². The average molecular weight is 436 g/mol. The maximum atomic E-state index is 13.4. The molecule has 0 unspecified atom stereocenters. The molecule has 168 valence electrons. The van der Waals surface area contributed by atoms with Gasteiger partial charge in [-0.3, -0.25) is 4.79 Å². The van der Waals surface area contributed by atoms with Crippen LogP contribution in [0.2, 0.25) is 0 Å². The number of piperidine rings is 1. The Labute approximate surface area is 188 Å². The molecule has 2 aromatic carbocycles. The highest BCUT2D eigenvalue weighted by Crippen LogP contribution is 2.49. The van der Waals surface area contributed by atoms with Gasteiger partial charge in [-0.15, -0.1) is 0 Å². The van der Waals surface area contributed by atoms with Crippen molar-refractivity contribution in [3.8, 4) is 17.2 Å². The topological polar surface area (TPSA) is 68.2 Å². The lowest BCUT2D eigenvalue weighted by atomic mass is 9.66. The van der Waals surface area contributed by atoms with Crippen molar-refractivity contribution in [3.05, 3.63) is 59.7 Å². The molecule has 2 fully saturated rings. The van der Waals surface area contributed by atoms with Crippen molar-refractivity contribution in [1.82, 2.24) is 4.90 Å². The highest BCUT2D eigenvalue weighted by Gasteiger charge is 2.49. The van der Waals surface area contributed by atoms with E-state index >= 15 is 0 Å². The van der Waals surface area contributed by atoms with E-state index in [1.54, 1.807) is 13.2 Å². The molecule has 1 saturated heterocycles. The number of hydrogen-bond acceptors (Lipinski definition) is 5. The number of fused-ring (bicyclic) bond motifs is 2. The number of amides is 1. The van der Waals surface area contributed by atoms with Gasteiger partial charge in [-0.1, -0.05) is 31.0 Å². The first-order valence-corrected chi connectivity index (χ1v) is 11.3. The number of hydrogen-bond donors (Lipinski definition) is 1. The summed E-state index contributed by atoms with van der Waals surface area (Å²) in [6.45, 7) is 0.761. The van der Waals surface area contributed by atoms with Gasteiger partial charge in [0.25, 0.3) is 0 Å². The normalized spacial score (nSPS) is 26.8. The number of methoxy groups -OCH3 is 1. The second-order valence-electron chi connectivity index (χ2n) is 8.90. The molecule has 0 bridgehead atoms. The molecule has 1 N–H and O–H groups in total. The fourth-order valence-corrected chi connectivity index (χ4v) is 5.42. The Hall–Kier alpha value is -2.99. The molecule has 0 aromatic heterocycles. The summed E-state index contributed by atoms with van der Waals surface area (Å²) in [6.07, 6.45) is 7.91. The van der Waals surface area contributed by atoms with Crippen LogP contribution in [-0.4, -0.2) is 42.0 Å². The molecule has 5 rings (SSSR count). The van der Waals surface area contributed by atoms with Gasteiger partial charge in [0.15, 0.2) is 11.5 Å². The maximum Gasteiger partial charge on any atom is 0.247 e. The fourth-order valence-electron chi connectivity index (χ4n) is 5.42. The number of nitrogens with zero attached hydrogens (tertiary/aromatic N) is 1. The Balaban J connectivity index is 1.43. The van der Waals surface area contributed by atoms with E-state index in [1.165, 1.54) is 0 Å². The third-order valence-corrected chi connectivity index (χ3v) is 7.12. The summed E-state index contributed by atoms with van der Waals surface area (Å²) in [5.74, 6) is 2.18. The number of carbonyl (C=O) groups excluding carboxylic acids is 1. The van der Waals surface area contributed by atoms with Gasteiger partial charge in [-0.25, -0.2) is 0 Å². The molecule has 6 heteroatoms. The number of carbonyl (C=O) groups is 1. The van der Waals surface area contributed by atoms with Gasteiger partial charge in [-0.05, 0) is 60.7 Å². The second-order valence-corrected chi connectivity index (χ2v) is 8.90. The lowest BCUT2D eigenvalue weighted by molar-refractivity contribution is -0.150. The van der Waals surface area contributed by atoms with Gasteiger partial charge in [0, 0.05) is 18.5 Å². The predicted octanol–water partition coefficient (Wildman–Crippen LogP) is 4.33. The molecular formula is C26H29NO5. The summed E-state index contributed by atoms with van der Waals surface area (Å²) in [5, 5.41) is 11.4. The number of rotatable bonds is 4. The van der Waals surface area contributed by atoms with Crippen LogP contribution in [0.25, 0.3) is 6.08 Å². The van der Waals surface area contributed by atoms with Gasteiger partial charge in [-0.2, -0.15) is 0 Å². The smallest absolute Gasteiger partial charge is 0.247 e. The number of ether oxygens (including phenoxy) is 3. The molecule has 2 aliphatic heterocycles. The Morgan fingerprint density at radius 3 is 2.75 bits per heavy atom. The van der Waals surface area contributed by atoms with Crippen molar-refractivity contribution in [1.29, 1.82) is 0 Å². The molecule has 1 amide bonds. The minimum atomic E-state index is -0.708. The predicted molar refractivity (Wildman–Crippen MR) is 121 cm³/mol. The molecule has 1 saturated carbocycles. The van der Waals surface area contributed by atoms with Crippen molar-refractivity contribution in [3.63, 3.8) is 0 Å². The number of likely N-dealkylation sites (tertiary alicyclic amines) is 1. The van der Waals surface area contributed by atoms with Gasteiger partial charge in [0.2, 0.25) is 12.7 Å². The quantitative estimate of drug-likeness (QED) is 0.724. The van der Waals surface area contributed by atoms with E-state index in [0.29, 0.717) is 18.7 Å². The largest absolute Gasteiger partial charge is 0.497 e. The van der Waals surface area contributed by atoms with Crippen molar-refractivity contribution in [2.75, 3.05) is 20.4 Å². The van der Waals surface area contributed by atoms with E-state index in [4.69, 9.17) is 14.2 Å². The summed E-state index contributed by atoms with van der Waals surface area (Å²) in [7, 11) is 1.65. The van der Waals surface area contributed by atoms with Crippen LogP contribution in [0.3, 0.4) is 0 Å². The Bertz CT molecular complexity index is 1020. The van der Waals surface area contributed by atoms with Crippen LogP contribution in [-0.2, 0) is 4.79 Å². The zero-order chi connectivity index (χ0) is 22.1. The first-order chi connectivity index (χ1) is 15.6. The van der Waals surface area contributed by atoms with Crippen molar-refractivity contribution >= 4 is 12.0 Å². The van der Waals surface area contributed by atoms with Gasteiger partial charge in [0.1, 0.15) is 5.75 Å². The molecule has 3 aliphatic rings. The number of aliphatic hydroxyl groups is 1. The lowest BCUT2D eigenvalue weighted by Crippen LogP contribution is -2.56. The average Bonchev–Trinajstić information content (AvgIpc) is 3.29. The molecule has 32 heavy (non-hydrogen) atoms. The summed E-state index contributed by atoms with van der Waals surface area (Å²) < 4.78 is 16.1. The Kier molecular flexibility index (Phi) is 5.55. The Morgan fingerprint density at radius 1 is 1.12 bits per heavy atom. The highest BCUT2D eigenvalue weighted by atomic mass is 16.7. The van der Waals surface area contributed by atoms with Crippen LogP contribution in [0.1, 0.15) is 49.3 Å². The maximum absolute atomic E-state index is 13.4. The third kappa shape index (κ3) is 3.84. The van der Waals surface area contributed by atoms with Crippen LogP contribution >= 0.6 is 0 Å². The van der Waals surface area contributed by atoms with E-state index in [9.17, 15) is 9.90 Å². The summed E-state index contributed by atoms with van der Waals surface area (Å²) in [5.41, 5.74) is 1.22. The summed E-state index contributed by atoms with van der Waals surface area (Å²) >= 11 is 0. The fraction of sp³-hybridized carbons (Fsp3) is 0.423. The molecule has 0 radical (unpaired) electrons. The minimum absolute atomic E-state index is 0.0290. The zero-order valence-corrected chi connectivity index (χ0v) is 18.3. The van der Waals surface area contributed by atoms with Crippen molar-refractivity contribution < 1.29 is 24.1 Å². The molecule has 3 atom stereocenters. The van der Waals surface area contributed by atoms with Gasteiger partial charge in [0.05, 0.1) is 18.8 Å². The van der Waals surface area contributed by atoms with E-state index < -0.39 is 5.60 Å². The molecule has 2 aromatic rings.